The zero-order valence-corrected chi connectivity index (χ0v) is 11.2. The van der Waals surface area contributed by atoms with Gasteiger partial charge in [-0.3, -0.25) is 0 Å². The molecule has 0 aliphatic rings. The molecule has 0 saturated carbocycles. The lowest BCUT2D eigenvalue weighted by Crippen LogP contribution is -1.95. The lowest BCUT2D eigenvalue weighted by molar-refractivity contribution is 0.296. The van der Waals surface area contributed by atoms with Gasteiger partial charge in [-0.2, -0.15) is 9.78 Å². The van der Waals surface area contributed by atoms with Crippen LogP contribution in [0.5, 0.6) is 5.88 Å². The van der Waals surface area contributed by atoms with Crippen LogP contribution in [0.25, 0.3) is 15.3 Å². The van der Waals surface area contributed by atoms with Crippen LogP contribution in [0.4, 0.5) is 0 Å². The van der Waals surface area contributed by atoms with E-state index in [1.807, 2.05) is 31.2 Å². The van der Waals surface area contributed by atoms with E-state index in [4.69, 9.17) is 5.11 Å². The van der Waals surface area contributed by atoms with Crippen molar-refractivity contribution in [3.8, 4) is 11.0 Å². The molecule has 19 heavy (non-hydrogen) atoms. The van der Waals surface area contributed by atoms with Crippen LogP contribution in [-0.4, -0.2) is 31.6 Å². The van der Waals surface area contributed by atoms with Crippen molar-refractivity contribution in [3.63, 3.8) is 0 Å². The largest absolute Gasteiger partial charge is 0.493 e. The Morgan fingerprint density at radius 1 is 1.32 bits per heavy atom. The average Bonchev–Trinajstić information content (AvgIpc) is 2.94. The number of aliphatic hydroxyl groups excluding tert-OH is 1. The first-order valence-corrected chi connectivity index (χ1v) is 6.76. The number of hydrogen-bond acceptors (Lipinski definition) is 5. The van der Waals surface area contributed by atoms with Gasteiger partial charge in [0.2, 0.25) is 11.0 Å². The Balaban J connectivity index is 2.13. The summed E-state index contributed by atoms with van der Waals surface area (Å²) in [4.78, 5) is 4.45. The Morgan fingerprint density at radius 2 is 2.11 bits per heavy atom. The van der Waals surface area contributed by atoms with Gasteiger partial charge in [-0.15, -0.1) is 0 Å². The number of aliphatic hydroxyl groups is 1. The van der Waals surface area contributed by atoms with Gasteiger partial charge in [0, 0.05) is 18.6 Å². The lowest BCUT2D eigenvalue weighted by atomic mass is 10.2. The molecule has 3 rings (SSSR count). The summed E-state index contributed by atoms with van der Waals surface area (Å²) < 4.78 is 2.49. The zero-order valence-electron chi connectivity index (χ0n) is 10.4. The Labute approximate surface area is 113 Å². The number of para-hydroxylation sites is 1. The standard InChI is InChI=1S/C13H13N3O2S/c1-8-9(6-7-17)12(18)16(15-8)13-14-10-4-2-3-5-11(10)19-13/h2-5,17-18H,6-7H2,1H3. The fraction of sp³-hybridized carbons (Fsp3) is 0.231. The second-order valence-electron chi connectivity index (χ2n) is 4.24. The van der Waals surface area contributed by atoms with Crippen molar-refractivity contribution < 1.29 is 10.2 Å². The van der Waals surface area contributed by atoms with Gasteiger partial charge in [0.25, 0.3) is 0 Å². The lowest BCUT2D eigenvalue weighted by Gasteiger charge is -1.98. The molecule has 2 aromatic heterocycles. The second-order valence-corrected chi connectivity index (χ2v) is 5.25. The summed E-state index contributed by atoms with van der Waals surface area (Å²) in [5.41, 5.74) is 2.27. The number of fused-ring (bicyclic) bond motifs is 1. The number of aryl methyl sites for hydroxylation is 1. The molecule has 0 radical (unpaired) electrons. The van der Waals surface area contributed by atoms with Crippen molar-refractivity contribution in [1.29, 1.82) is 0 Å². The van der Waals surface area contributed by atoms with Gasteiger partial charge in [-0.25, -0.2) is 4.98 Å². The summed E-state index contributed by atoms with van der Waals surface area (Å²) in [6.45, 7) is 1.80. The van der Waals surface area contributed by atoms with E-state index in [0.717, 1.165) is 10.2 Å². The molecule has 2 heterocycles. The summed E-state index contributed by atoms with van der Waals surface area (Å²) >= 11 is 1.47. The molecule has 0 saturated heterocycles. The monoisotopic (exact) mass is 275 g/mol. The maximum atomic E-state index is 10.2. The molecule has 0 spiro atoms. The van der Waals surface area contributed by atoms with Crippen molar-refractivity contribution >= 4 is 21.6 Å². The molecule has 2 N–H and O–H groups in total. The maximum Gasteiger partial charge on any atom is 0.219 e. The molecular formula is C13H13N3O2S. The van der Waals surface area contributed by atoms with Gasteiger partial charge >= 0.3 is 0 Å². The SMILES string of the molecule is Cc1nn(-c2nc3ccccc3s2)c(O)c1CCO. The Bertz CT molecular complexity index is 700. The van der Waals surface area contributed by atoms with Crippen molar-refractivity contribution in [2.45, 2.75) is 13.3 Å². The van der Waals surface area contributed by atoms with E-state index in [9.17, 15) is 5.11 Å². The van der Waals surface area contributed by atoms with Crippen molar-refractivity contribution in [2.75, 3.05) is 6.61 Å². The van der Waals surface area contributed by atoms with Crippen LogP contribution in [0.3, 0.4) is 0 Å². The Morgan fingerprint density at radius 3 is 2.84 bits per heavy atom. The number of rotatable bonds is 3. The van der Waals surface area contributed by atoms with E-state index in [-0.39, 0.29) is 12.5 Å². The van der Waals surface area contributed by atoms with Gasteiger partial charge in [0.15, 0.2) is 0 Å². The minimum Gasteiger partial charge on any atom is -0.493 e. The topological polar surface area (TPSA) is 71.2 Å². The third-order valence-corrected chi connectivity index (χ3v) is 3.99. The van der Waals surface area contributed by atoms with E-state index >= 15 is 0 Å². The molecule has 3 aromatic rings. The van der Waals surface area contributed by atoms with E-state index in [1.54, 1.807) is 0 Å². The normalized spacial score (nSPS) is 11.3. The number of benzene rings is 1. The third kappa shape index (κ3) is 1.98. The highest BCUT2D eigenvalue weighted by Gasteiger charge is 2.17. The molecule has 0 aliphatic carbocycles. The first-order valence-electron chi connectivity index (χ1n) is 5.95. The van der Waals surface area contributed by atoms with Crippen LogP contribution < -0.4 is 0 Å². The van der Waals surface area contributed by atoms with Gasteiger partial charge in [-0.1, -0.05) is 23.5 Å². The van der Waals surface area contributed by atoms with E-state index in [1.165, 1.54) is 16.0 Å². The first-order chi connectivity index (χ1) is 9.20. The van der Waals surface area contributed by atoms with E-state index in [0.29, 0.717) is 22.8 Å². The third-order valence-electron chi connectivity index (χ3n) is 2.98. The molecule has 1 aromatic carbocycles. The van der Waals surface area contributed by atoms with Gasteiger partial charge in [0.1, 0.15) is 0 Å². The summed E-state index contributed by atoms with van der Waals surface area (Å²) in [6.07, 6.45) is 0.391. The predicted molar refractivity (Wildman–Crippen MR) is 73.9 cm³/mol. The second kappa shape index (κ2) is 4.64. The number of thiazole rings is 1. The smallest absolute Gasteiger partial charge is 0.219 e. The minimum absolute atomic E-state index is 0.0140. The molecular weight excluding hydrogens is 262 g/mol. The maximum absolute atomic E-state index is 10.2. The van der Waals surface area contributed by atoms with Crippen molar-refractivity contribution in [3.05, 3.63) is 35.5 Å². The number of aromatic nitrogens is 3. The van der Waals surface area contributed by atoms with Crippen molar-refractivity contribution in [1.82, 2.24) is 14.8 Å². The predicted octanol–water partition coefficient (Wildman–Crippen LogP) is 2.03. The molecule has 6 heteroatoms. The highest BCUT2D eigenvalue weighted by Crippen LogP contribution is 2.30. The molecule has 0 bridgehead atoms. The first kappa shape index (κ1) is 12.1. The van der Waals surface area contributed by atoms with Gasteiger partial charge in [0.05, 0.1) is 15.9 Å². The molecule has 0 atom stereocenters. The van der Waals surface area contributed by atoms with Crippen LogP contribution in [0.2, 0.25) is 0 Å². The summed E-state index contributed by atoms with van der Waals surface area (Å²) in [5, 5.41) is 24.1. The minimum atomic E-state index is -0.0140. The van der Waals surface area contributed by atoms with Crippen LogP contribution in [0.1, 0.15) is 11.3 Å². The average molecular weight is 275 g/mol. The van der Waals surface area contributed by atoms with Crippen LogP contribution >= 0.6 is 11.3 Å². The van der Waals surface area contributed by atoms with Crippen molar-refractivity contribution in [2.24, 2.45) is 0 Å². The Hall–Kier alpha value is -1.92. The summed E-state index contributed by atoms with van der Waals surface area (Å²) in [5.74, 6) is 0.0607. The summed E-state index contributed by atoms with van der Waals surface area (Å²) in [6, 6.07) is 7.79. The molecule has 0 aliphatic heterocycles. The molecule has 0 fully saturated rings. The van der Waals surface area contributed by atoms with Crippen LogP contribution in [0, 0.1) is 6.92 Å². The fourth-order valence-corrected chi connectivity index (χ4v) is 2.96. The summed E-state index contributed by atoms with van der Waals surface area (Å²) in [7, 11) is 0. The highest BCUT2D eigenvalue weighted by molar-refractivity contribution is 7.20. The van der Waals surface area contributed by atoms with Crippen LogP contribution in [0.15, 0.2) is 24.3 Å². The molecule has 98 valence electrons. The van der Waals surface area contributed by atoms with Gasteiger partial charge < -0.3 is 10.2 Å². The number of aromatic hydroxyl groups is 1. The Kier molecular flexibility index (Phi) is 2.96. The number of hydrogen-bond donors (Lipinski definition) is 2. The fourth-order valence-electron chi connectivity index (χ4n) is 2.04. The highest BCUT2D eigenvalue weighted by atomic mass is 32.1. The molecule has 5 nitrogen and oxygen atoms in total. The number of nitrogens with zero attached hydrogens (tertiary/aromatic N) is 3. The zero-order chi connectivity index (χ0) is 13.4. The van der Waals surface area contributed by atoms with Gasteiger partial charge in [-0.05, 0) is 19.1 Å². The quantitative estimate of drug-likeness (QED) is 0.767. The molecule has 0 unspecified atom stereocenters. The van der Waals surface area contributed by atoms with E-state index < -0.39 is 0 Å². The van der Waals surface area contributed by atoms with E-state index in [2.05, 4.69) is 10.1 Å². The van der Waals surface area contributed by atoms with Crippen LogP contribution in [-0.2, 0) is 6.42 Å². The molecule has 0 amide bonds.